The Morgan fingerprint density at radius 2 is 1.50 bits per heavy atom. The fourth-order valence-electron chi connectivity index (χ4n) is 6.10. The number of nitrogens with zero attached hydrogens (tertiary/aromatic N) is 1. The van der Waals surface area contributed by atoms with E-state index >= 15 is 0 Å². The van der Waals surface area contributed by atoms with Gasteiger partial charge >= 0.3 is 5.97 Å². The minimum absolute atomic E-state index is 0.349. The Balaban J connectivity index is 1.56. The maximum atomic E-state index is 13.4. The van der Waals surface area contributed by atoms with Crippen LogP contribution in [0.5, 0.6) is 17.2 Å². The van der Waals surface area contributed by atoms with Crippen LogP contribution in [0.3, 0.4) is 0 Å². The Kier molecular flexibility index (Phi) is 7.55. The van der Waals surface area contributed by atoms with Crippen molar-refractivity contribution in [1.29, 1.82) is 0 Å². The van der Waals surface area contributed by atoms with Crippen molar-refractivity contribution in [3.8, 4) is 17.2 Å². The molecular weight excluding hydrogens is 524 g/mol. The summed E-state index contributed by atoms with van der Waals surface area (Å²) in [7, 11) is 1.70. The molecular formula is C36H38N2O4. The van der Waals surface area contributed by atoms with Crippen molar-refractivity contribution >= 4 is 23.0 Å². The molecule has 0 amide bonds. The first-order valence-electron chi connectivity index (χ1n) is 15.0. The van der Waals surface area contributed by atoms with Gasteiger partial charge in [-0.15, -0.1) is 0 Å². The van der Waals surface area contributed by atoms with Crippen molar-refractivity contribution < 1.29 is 19.0 Å². The van der Waals surface area contributed by atoms with Gasteiger partial charge < -0.3 is 24.4 Å². The molecule has 2 heterocycles. The largest absolute Gasteiger partial charge is 0.495 e. The Hall–Kier alpha value is -4.45. The SMILES string of the molecule is CCCCN(CCCC)c1cc2c(cc1OC)C1(OC(=O)c3ccccc31)c1cc(Nc3ccccc3)c(C)cc1O2. The molecule has 4 aromatic rings. The zero-order chi connectivity index (χ0) is 29.3. The molecule has 1 N–H and O–H groups in total. The lowest BCUT2D eigenvalue weighted by atomic mass is 9.77. The number of rotatable bonds is 10. The van der Waals surface area contributed by atoms with E-state index in [-0.39, 0.29) is 5.97 Å². The average Bonchev–Trinajstić information content (AvgIpc) is 3.31. The first-order chi connectivity index (χ1) is 20.5. The van der Waals surface area contributed by atoms with Crippen LogP contribution < -0.4 is 19.7 Å². The molecule has 0 aromatic heterocycles. The number of hydrogen-bond acceptors (Lipinski definition) is 6. The fourth-order valence-corrected chi connectivity index (χ4v) is 6.10. The summed E-state index contributed by atoms with van der Waals surface area (Å²) in [5.41, 5.74) is 5.63. The van der Waals surface area contributed by atoms with Crippen LogP contribution in [0.15, 0.2) is 78.9 Å². The van der Waals surface area contributed by atoms with Gasteiger partial charge in [0.05, 0.1) is 23.9 Å². The first-order valence-corrected chi connectivity index (χ1v) is 15.0. The van der Waals surface area contributed by atoms with Crippen LogP contribution in [0.1, 0.15) is 72.1 Å². The highest BCUT2D eigenvalue weighted by atomic mass is 16.6. The van der Waals surface area contributed by atoms with E-state index in [9.17, 15) is 4.79 Å². The van der Waals surface area contributed by atoms with Crippen LogP contribution >= 0.6 is 0 Å². The third kappa shape index (κ3) is 4.65. The highest BCUT2D eigenvalue weighted by Crippen LogP contribution is 2.58. The molecule has 0 fully saturated rings. The number of nitrogens with one attached hydrogen (secondary N) is 1. The van der Waals surface area contributed by atoms with E-state index in [4.69, 9.17) is 14.2 Å². The van der Waals surface area contributed by atoms with Crippen LogP contribution in [0.25, 0.3) is 0 Å². The Morgan fingerprint density at radius 3 is 2.21 bits per heavy atom. The molecule has 0 aliphatic carbocycles. The minimum atomic E-state index is -1.18. The Morgan fingerprint density at radius 1 is 0.833 bits per heavy atom. The summed E-state index contributed by atoms with van der Waals surface area (Å²) in [4.78, 5) is 15.8. The van der Waals surface area contributed by atoms with Crippen LogP contribution in [-0.2, 0) is 10.3 Å². The van der Waals surface area contributed by atoms with Gasteiger partial charge in [0.2, 0.25) is 0 Å². The standard InChI is InChI=1S/C36H38N2O4/c1-5-7-18-38(19-8-6-2)31-23-33-29(22-34(31)40-4)36(27-17-13-12-16-26(27)35(39)42-36)28-21-30(24(3)20-32(28)41-33)37-25-14-10-9-11-15-25/h9-17,20-23,37H,5-8,18-19H2,1-4H3. The van der Waals surface area contributed by atoms with E-state index in [0.717, 1.165) is 83.8 Å². The van der Waals surface area contributed by atoms with Crippen LogP contribution in [-0.4, -0.2) is 26.2 Å². The van der Waals surface area contributed by atoms with Gasteiger partial charge in [-0.25, -0.2) is 4.79 Å². The minimum Gasteiger partial charge on any atom is -0.495 e. The number of aryl methyl sites for hydroxylation is 1. The molecule has 6 rings (SSSR count). The summed E-state index contributed by atoms with van der Waals surface area (Å²) < 4.78 is 19.2. The Labute approximate surface area is 248 Å². The molecule has 6 nitrogen and oxygen atoms in total. The number of unbranched alkanes of at least 4 members (excludes halogenated alkanes) is 2. The lowest BCUT2D eigenvalue weighted by Gasteiger charge is -2.38. The number of benzene rings is 4. The van der Waals surface area contributed by atoms with Crippen molar-refractivity contribution in [3.05, 3.63) is 107 Å². The zero-order valence-corrected chi connectivity index (χ0v) is 24.8. The van der Waals surface area contributed by atoms with Crippen LogP contribution in [0.4, 0.5) is 17.1 Å². The lowest BCUT2D eigenvalue weighted by molar-refractivity contribution is 0.0224. The Bertz CT molecular complexity index is 1610. The normalized spacial score (nSPS) is 16.2. The van der Waals surface area contributed by atoms with Crippen molar-refractivity contribution in [2.24, 2.45) is 0 Å². The second kappa shape index (κ2) is 11.4. The van der Waals surface area contributed by atoms with Crippen LogP contribution in [0.2, 0.25) is 0 Å². The van der Waals surface area contributed by atoms with Gasteiger partial charge in [0.1, 0.15) is 17.2 Å². The summed E-state index contributed by atoms with van der Waals surface area (Å²) in [6, 6.07) is 25.9. The summed E-state index contributed by atoms with van der Waals surface area (Å²) in [6.07, 6.45) is 4.38. The molecule has 2 aliphatic heterocycles. The number of carbonyl (C=O) groups excluding carboxylic acids is 1. The van der Waals surface area contributed by atoms with Gasteiger partial charge in [-0.3, -0.25) is 0 Å². The number of para-hydroxylation sites is 1. The summed E-state index contributed by atoms with van der Waals surface area (Å²) in [5, 5.41) is 3.55. The summed E-state index contributed by atoms with van der Waals surface area (Å²) in [6.45, 7) is 8.34. The number of esters is 1. The van der Waals surface area contributed by atoms with E-state index < -0.39 is 5.60 Å². The second-order valence-corrected chi connectivity index (χ2v) is 11.1. The monoisotopic (exact) mass is 562 g/mol. The molecule has 6 heteroatoms. The number of anilines is 3. The van der Waals surface area contributed by atoms with Crippen molar-refractivity contribution in [2.75, 3.05) is 30.4 Å². The quantitative estimate of drug-likeness (QED) is 0.195. The number of ether oxygens (including phenoxy) is 3. The molecule has 2 aliphatic rings. The predicted octanol–water partition coefficient (Wildman–Crippen LogP) is 8.72. The van der Waals surface area contributed by atoms with Crippen molar-refractivity contribution in [1.82, 2.24) is 0 Å². The van der Waals surface area contributed by atoms with Crippen molar-refractivity contribution in [3.63, 3.8) is 0 Å². The van der Waals surface area contributed by atoms with Gasteiger partial charge in [0.25, 0.3) is 0 Å². The van der Waals surface area contributed by atoms with Gasteiger partial charge in [0, 0.05) is 41.7 Å². The molecule has 216 valence electrons. The zero-order valence-electron chi connectivity index (χ0n) is 24.8. The molecule has 4 aromatic carbocycles. The lowest BCUT2D eigenvalue weighted by Crippen LogP contribution is -2.34. The molecule has 42 heavy (non-hydrogen) atoms. The smallest absolute Gasteiger partial charge is 0.340 e. The maximum absolute atomic E-state index is 13.4. The first kappa shape index (κ1) is 27.7. The molecule has 0 bridgehead atoms. The maximum Gasteiger partial charge on any atom is 0.340 e. The number of hydrogen-bond donors (Lipinski definition) is 1. The van der Waals surface area contributed by atoms with E-state index in [1.165, 1.54) is 0 Å². The number of fused-ring (bicyclic) bond motifs is 6. The van der Waals surface area contributed by atoms with Gasteiger partial charge in [-0.2, -0.15) is 0 Å². The van der Waals surface area contributed by atoms with E-state index in [0.29, 0.717) is 17.1 Å². The van der Waals surface area contributed by atoms with Gasteiger partial charge in [0.15, 0.2) is 5.60 Å². The molecule has 1 spiro atoms. The molecule has 0 saturated carbocycles. The topological polar surface area (TPSA) is 60.0 Å². The highest BCUT2D eigenvalue weighted by Gasteiger charge is 2.54. The van der Waals surface area contributed by atoms with E-state index in [1.807, 2.05) is 66.7 Å². The molecule has 1 unspecified atom stereocenters. The van der Waals surface area contributed by atoms with E-state index in [1.54, 1.807) is 7.11 Å². The molecule has 0 radical (unpaired) electrons. The fraction of sp³-hybridized carbons (Fsp3) is 0.306. The van der Waals surface area contributed by atoms with Crippen LogP contribution in [0, 0.1) is 6.92 Å². The average molecular weight is 563 g/mol. The van der Waals surface area contributed by atoms with Gasteiger partial charge in [-0.1, -0.05) is 63.1 Å². The summed E-state index contributed by atoms with van der Waals surface area (Å²) in [5.74, 6) is 1.73. The van der Waals surface area contributed by atoms with Crippen molar-refractivity contribution in [2.45, 2.75) is 52.1 Å². The van der Waals surface area contributed by atoms with E-state index in [2.05, 4.69) is 43.1 Å². The predicted molar refractivity (Wildman–Crippen MR) is 168 cm³/mol. The third-order valence-corrected chi connectivity index (χ3v) is 8.31. The number of carbonyl (C=O) groups is 1. The molecule has 1 atom stereocenters. The highest BCUT2D eigenvalue weighted by molar-refractivity contribution is 5.97. The third-order valence-electron chi connectivity index (χ3n) is 8.31. The summed E-state index contributed by atoms with van der Waals surface area (Å²) >= 11 is 0. The molecule has 0 saturated heterocycles. The van der Waals surface area contributed by atoms with Gasteiger partial charge in [-0.05, 0) is 61.7 Å². The number of methoxy groups -OCH3 is 1. The second-order valence-electron chi connectivity index (χ2n) is 11.1.